The third kappa shape index (κ3) is 4.79. The molecule has 1 atom stereocenters. The van der Waals surface area contributed by atoms with Crippen LogP contribution in [0.5, 0.6) is 5.75 Å². The van der Waals surface area contributed by atoms with Crippen LogP contribution in [0.1, 0.15) is 6.92 Å². The van der Waals surface area contributed by atoms with Crippen molar-refractivity contribution in [2.45, 2.75) is 17.3 Å². The first-order valence-electron chi connectivity index (χ1n) is 9.94. The summed E-state index contributed by atoms with van der Waals surface area (Å²) in [5, 5.41) is 12.4. The molecule has 0 fully saturated rings. The van der Waals surface area contributed by atoms with E-state index in [1.54, 1.807) is 19.2 Å². The topological polar surface area (TPSA) is 69.0 Å². The maximum absolute atomic E-state index is 12.8. The standard InChI is InChI=1S/C24H21ClN4O2S/c1-16(23(30)26-21-14-7-6-13-20(21)25)32-24-28-27-22(17-9-8-12-19(15-17)31-2)29(24)18-10-4-3-5-11-18/h3-16H,1-2H3,(H,26,30). The lowest BCUT2D eigenvalue weighted by molar-refractivity contribution is -0.115. The molecular weight excluding hydrogens is 444 g/mol. The van der Waals surface area contributed by atoms with Crippen LogP contribution >= 0.6 is 23.4 Å². The van der Waals surface area contributed by atoms with Crippen LogP contribution in [0.4, 0.5) is 5.69 Å². The van der Waals surface area contributed by atoms with Gasteiger partial charge in [-0.3, -0.25) is 9.36 Å². The normalized spacial score (nSPS) is 11.7. The third-order valence-corrected chi connectivity index (χ3v) is 6.13. The molecule has 0 saturated heterocycles. The van der Waals surface area contributed by atoms with Crippen molar-refractivity contribution in [3.8, 4) is 22.8 Å². The van der Waals surface area contributed by atoms with Crippen molar-refractivity contribution in [2.75, 3.05) is 12.4 Å². The number of anilines is 1. The number of hydrogen-bond donors (Lipinski definition) is 1. The number of amides is 1. The van der Waals surface area contributed by atoms with Gasteiger partial charge in [0.25, 0.3) is 0 Å². The zero-order chi connectivity index (χ0) is 22.5. The van der Waals surface area contributed by atoms with E-state index < -0.39 is 5.25 Å². The highest BCUT2D eigenvalue weighted by molar-refractivity contribution is 8.00. The van der Waals surface area contributed by atoms with Crippen molar-refractivity contribution >= 4 is 35.0 Å². The van der Waals surface area contributed by atoms with E-state index in [1.807, 2.05) is 78.2 Å². The van der Waals surface area contributed by atoms with E-state index in [-0.39, 0.29) is 5.91 Å². The molecule has 0 radical (unpaired) electrons. The van der Waals surface area contributed by atoms with Crippen LogP contribution in [-0.4, -0.2) is 33.0 Å². The van der Waals surface area contributed by atoms with Crippen molar-refractivity contribution in [3.63, 3.8) is 0 Å². The number of benzene rings is 3. The Bertz CT molecular complexity index is 1230. The SMILES string of the molecule is COc1cccc(-c2nnc(SC(C)C(=O)Nc3ccccc3Cl)n2-c2ccccc2)c1. The first kappa shape index (κ1) is 21.9. The molecule has 1 amide bonds. The molecule has 1 unspecified atom stereocenters. The zero-order valence-corrected chi connectivity index (χ0v) is 19.1. The average Bonchev–Trinajstić information content (AvgIpc) is 3.24. The van der Waals surface area contributed by atoms with Crippen LogP contribution < -0.4 is 10.1 Å². The maximum atomic E-state index is 12.8. The molecule has 0 aliphatic carbocycles. The van der Waals surface area contributed by atoms with Crippen molar-refractivity contribution in [3.05, 3.63) is 83.9 Å². The van der Waals surface area contributed by atoms with Crippen LogP contribution in [0, 0.1) is 0 Å². The van der Waals surface area contributed by atoms with Gasteiger partial charge in [0.1, 0.15) is 5.75 Å². The molecule has 32 heavy (non-hydrogen) atoms. The molecule has 4 rings (SSSR count). The second-order valence-corrected chi connectivity index (χ2v) is 8.65. The Hall–Kier alpha value is -3.29. The second-order valence-electron chi connectivity index (χ2n) is 6.94. The minimum absolute atomic E-state index is 0.173. The highest BCUT2D eigenvalue weighted by Crippen LogP contribution is 2.32. The first-order chi connectivity index (χ1) is 15.6. The summed E-state index contributed by atoms with van der Waals surface area (Å²) < 4.78 is 7.31. The molecule has 3 aromatic carbocycles. The highest BCUT2D eigenvalue weighted by Gasteiger charge is 2.22. The fourth-order valence-corrected chi connectivity index (χ4v) is 4.16. The minimum atomic E-state index is -0.434. The summed E-state index contributed by atoms with van der Waals surface area (Å²) in [5.74, 6) is 1.22. The molecule has 0 saturated carbocycles. The maximum Gasteiger partial charge on any atom is 0.237 e. The van der Waals surface area contributed by atoms with E-state index in [1.165, 1.54) is 11.8 Å². The smallest absolute Gasteiger partial charge is 0.237 e. The monoisotopic (exact) mass is 464 g/mol. The lowest BCUT2D eigenvalue weighted by Crippen LogP contribution is -2.23. The number of aromatic nitrogens is 3. The Morgan fingerprint density at radius 3 is 2.53 bits per heavy atom. The van der Waals surface area contributed by atoms with E-state index in [2.05, 4.69) is 15.5 Å². The Morgan fingerprint density at radius 1 is 1.03 bits per heavy atom. The molecule has 8 heteroatoms. The number of rotatable bonds is 7. The lowest BCUT2D eigenvalue weighted by atomic mass is 10.2. The van der Waals surface area contributed by atoms with Gasteiger partial charge in [-0.15, -0.1) is 10.2 Å². The molecule has 1 N–H and O–H groups in total. The predicted molar refractivity (Wildman–Crippen MR) is 129 cm³/mol. The molecule has 162 valence electrons. The minimum Gasteiger partial charge on any atom is -0.497 e. The number of carbonyl (C=O) groups is 1. The summed E-state index contributed by atoms with van der Waals surface area (Å²) in [4.78, 5) is 12.8. The Morgan fingerprint density at radius 2 is 1.78 bits per heavy atom. The van der Waals surface area contributed by atoms with Gasteiger partial charge in [0.05, 0.1) is 23.1 Å². The summed E-state index contributed by atoms with van der Waals surface area (Å²) in [6.45, 7) is 1.83. The van der Waals surface area contributed by atoms with Gasteiger partial charge in [0.15, 0.2) is 11.0 Å². The lowest BCUT2D eigenvalue weighted by Gasteiger charge is -2.14. The second kappa shape index (κ2) is 9.89. The summed E-state index contributed by atoms with van der Waals surface area (Å²) >= 11 is 7.50. The Kier molecular flexibility index (Phi) is 6.78. The summed E-state index contributed by atoms with van der Waals surface area (Å²) in [6, 6.07) is 24.6. The first-order valence-corrected chi connectivity index (χ1v) is 11.2. The van der Waals surface area contributed by atoms with E-state index >= 15 is 0 Å². The number of halogens is 1. The van der Waals surface area contributed by atoms with Gasteiger partial charge in [-0.2, -0.15) is 0 Å². The quantitative estimate of drug-likeness (QED) is 0.354. The van der Waals surface area contributed by atoms with Crippen molar-refractivity contribution in [1.82, 2.24) is 14.8 Å². The molecular formula is C24H21ClN4O2S. The van der Waals surface area contributed by atoms with Gasteiger partial charge in [0.2, 0.25) is 5.91 Å². The number of hydrogen-bond acceptors (Lipinski definition) is 5. The van der Waals surface area contributed by atoms with Crippen LogP contribution in [0.3, 0.4) is 0 Å². The van der Waals surface area contributed by atoms with Crippen LogP contribution in [0.25, 0.3) is 17.1 Å². The Labute approximate surface area is 195 Å². The van der Waals surface area contributed by atoms with Crippen LogP contribution in [0.15, 0.2) is 84.0 Å². The highest BCUT2D eigenvalue weighted by atomic mass is 35.5. The fourth-order valence-electron chi connectivity index (χ4n) is 3.11. The molecule has 4 aromatic rings. The number of nitrogens with zero attached hydrogens (tertiary/aromatic N) is 3. The van der Waals surface area contributed by atoms with E-state index in [4.69, 9.17) is 16.3 Å². The third-order valence-electron chi connectivity index (χ3n) is 4.76. The number of thioether (sulfide) groups is 1. The molecule has 0 bridgehead atoms. The summed E-state index contributed by atoms with van der Waals surface area (Å²) in [6.07, 6.45) is 0. The van der Waals surface area contributed by atoms with E-state index in [0.717, 1.165) is 17.0 Å². The van der Waals surface area contributed by atoms with Gasteiger partial charge in [-0.05, 0) is 43.3 Å². The summed E-state index contributed by atoms with van der Waals surface area (Å²) in [7, 11) is 1.63. The van der Waals surface area contributed by atoms with E-state index in [9.17, 15) is 4.79 Å². The molecule has 0 aliphatic heterocycles. The van der Waals surface area contributed by atoms with Gasteiger partial charge in [0, 0.05) is 11.3 Å². The van der Waals surface area contributed by atoms with Crippen molar-refractivity contribution in [2.24, 2.45) is 0 Å². The number of ether oxygens (including phenoxy) is 1. The van der Waals surface area contributed by atoms with Crippen molar-refractivity contribution in [1.29, 1.82) is 0 Å². The zero-order valence-electron chi connectivity index (χ0n) is 17.5. The average molecular weight is 465 g/mol. The van der Waals surface area contributed by atoms with Crippen molar-refractivity contribution < 1.29 is 9.53 Å². The fraction of sp³-hybridized carbons (Fsp3) is 0.125. The number of carbonyl (C=O) groups excluding carboxylic acids is 1. The van der Waals surface area contributed by atoms with Gasteiger partial charge in [-0.25, -0.2) is 0 Å². The number of methoxy groups -OCH3 is 1. The molecule has 6 nitrogen and oxygen atoms in total. The Balaban J connectivity index is 1.66. The van der Waals surface area contributed by atoms with Crippen LogP contribution in [0.2, 0.25) is 5.02 Å². The van der Waals surface area contributed by atoms with Gasteiger partial charge < -0.3 is 10.1 Å². The van der Waals surface area contributed by atoms with Crippen LogP contribution in [-0.2, 0) is 4.79 Å². The molecule has 1 aromatic heterocycles. The number of nitrogens with one attached hydrogen (secondary N) is 1. The van der Waals surface area contributed by atoms with Gasteiger partial charge >= 0.3 is 0 Å². The molecule has 0 spiro atoms. The summed E-state index contributed by atoms with van der Waals surface area (Å²) in [5.41, 5.74) is 2.34. The predicted octanol–water partition coefficient (Wildman–Crippen LogP) is 5.72. The molecule has 0 aliphatic rings. The number of para-hydroxylation sites is 2. The van der Waals surface area contributed by atoms with Gasteiger partial charge in [-0.1, -0.05) is 65.8 Å². The van der Waals surface area contributed by atoms with E-state index in [0.29, 0.717) is 21.7 Å². The largest absolute Gasteiger partial charge is 0.497 e. The molecule has 1 heterocycles.